The minimum atomic E-state index is -0.387. The molecule has 3 aromatic rings. The molecular formula is C28H37N7O. The number of allylic oxidation sites excluding steroid dienone is 1. The highest BCUT2D eigenvalue weighted by atomic mass is 16.1. The fourth-order valence-corrected chi connectivity index (χ4v) is 6.19. The van der Waals surface area contributed by atoms with Crippen LogP contribution in [0.25, 0.3) is 11.4 Å². The van der Waals surface area contributed by atoms with Gasteiger partial charge in [0.1, 0.15) is 0 Å². The molecule has 1 aromatic carbocycles. The molecule has 1 aliphatic heterocycles. The van der Waals surface area contributed by atoms with Gasteiger partial charge in [-0.25, -0.2) is 4.79 Å². The smallest absolute Gasteiger partial charge is 0.295 e. The van der Waals surface area contributed by atoms with Crippen molar-refractivity contribution in [3.8, 4) is 11.4 Å². The summed E-state index contributed by atoms with van der Waals surface area (Å²) in [5.41, 5.74) is 2.89. The second-order valence-corrected chi connectivity index (χ2v) is 10.7. The monoisotopic (exact) mass is 487 g/mol. The van der Waals surface area contributed by atoms with Gasteiger partial charge in [-0.15, -0.1) is 10.2 Å². The Bertz CT molecular complexity index is 1280. The molecule has 1 fully saturated rings. The summed E-state index contributed by atoms with van der Waals surface area (Å²) in [6, 6.07) is 8.53. The minimum absolute atomic E-state index is 0.122. The van der Waals surface area contributed by atoms with Crippen LogP contribution >= 0.6 is 0 Å². The van der Waals surface area contributed by atoms with E-state index in [1.807, 2.05) is 29.1 Å². The molecular weight excluding hydrogens is 450 g/mol. The van der Waals surface area contributed by atoms with Crippen molar-refractivity contribution in [3.05, 3.63) is 64.5 Å². The van der Waals surface area contributed by atoms with E-state index in [0.717, 1.165) is 42.5 Å². The van der Waals surface area contributed by atoms with Crippen LogP contribution in [0.5, 0.6) is 0 Å². The molecule has 36 heavy (non-hydrogen) atoms. The number of aromatic nitrogens is 6. The van der Waals surface area contributed by atoms with Crippen molar-refractivity contribution < 1.29 is 0 Å². The molecule has 1 N–H and O–H groups in total. The molecule has 2 aliphatic rings. The Hall–Kier alpha value is -3.29. The van der Waals surface area contributed by atoms with Crippen LogP contribution in [0.2, 0.25) is 0 Å². The maximum Gasteiger partial charge on any atom is 0.328 e. The molecule has 3 unspecified atom stereocenters. The summed E-state index contributed by atoms with van der Waals surface area (Å²) in [7, 11) is 0. The molecule has 190 valence electrons. The Kier molecular flexibility index (Phi) is 7.03. The van der Waals surface area contributed by atoms with Crippen molar-refractivity contribution in [1.29, 1.82) is 0 Å². The fourth-order valence-electron chi connectivity index (χ4n) is 6.19. The van der Waals surface area contributed by atoms with Gasteiger partial charge in [-0.3, -0.25) is 14.1 Å². The number of nitrogens with one attached hydrogen (secondary N) is 1. The number of imidazole rings is 1. The average molecular weight is 488 g/mol. The van der Waals surface area contributed by atoms with Crippen LogP contribution in [-0.2, 0) is 18.4 Å². The summed E-state index contributed by atoms with van der Waals surface area (Å²) >= 11 is 0. The van der Waals surface area contributed by atoms with Gasteiger partial charge < -0.3 is 0 Å². The van der Waals surface area contributed by atoms with Gasteiger partial charge in [0.15, 0.2) is 0 Å². The predicted molar refractivity (Wildman–Crippen MR) is 142 cm³/mol. The number of H-pyrrole nitrogens is 1. The third-order valence-electron chi connectivity index (χ3n) is 8.20. The normalized spacial score (nSPS) is 25.9. The van der Waals surface area contributed by atoms with Crippen LogP contribution in [0.4, 0.5) is 0 Å². The summed E-state index contributed by atoms with van der Waals surface area (Å²) in [6.45, 7) is 7.39. The largest absolute Gasteiger partial charge is 0.328 e. The quantitative estimate of drug-likeness (QED) is 0.478. The molecule has 8 nitrogen and oxygen atoms in total. The van der Waals surface area contributed by atoms with Crippen LogP contribution in [0.15, 0.2) is 52.5 Å². The standard InChI is InChI=1S/C28H37N7O/c1-4-5-12-24-18-34(25-20(2)8-6-9-21(25)3)27(36)35(24)19-28(13-15-29-16-14-28)23-11-7-10-22(17-23)26-30-32-33-31-26/h7,10-11,13,15-18,20-21,25H,4-6,8-9,12,14,19H2,1-3H3,(H,30,31,32,33). The van der Waals surface area contributed by atoms with Crippen LogP contribution in [-0.4, -0.2) is 36.0 Å². The third kappa shape index (κ3) is 4.61. The lowest BCUT2D eigenvalue weighted by molar-refractivity contribution is 0.179. The lowest BCUT2D eigenvalue weighted by atomic mass is 9.76. The molecule has 0 amide bonds. The Morgan fingerprint density at radius 2 is 2.03 bits per heavy atom. The first-order chi connectivity index (χ1) is 17.5. The van der Waals surface area contributed by atoms with Crippen molar-refractivity contribution in [3.63, 3.8) is 0 Å². The van der Waals surface area contributed by atoms with Crippen LogP contribution in [0, 0.1) is 11.8 Å². The highest BCUT2D eigenvalue weighted by Gasteiger charge is 2.35. The summed E-state index contributed by atoms with van der Waals surface area (Å²) in [6.07, 6.45) is 15.6. The van der Waals surface area contributed by atoms with E-state index in [1.54, 1.807) is 0 Å². The highest BCUT2D eigenvalue weighted by molar-refractivity contribution is 5.65. The maximum absolute atomic E-state index is 14.1. The number of hydrogen-bond donors (Lipinski definition) is 1. The van der Waals surface area contributed by atoms with E-state index in [9.17, 15) is 4.79 Å². The SMILES string of the molecule is CCCCc1cn(C2C(C)CCCC2C)c(=O)n1CC1(c2cccc(-c3nn[nH]n3)c2)C=CN=CC1. The lowest BCUT2D eigenvalue weighted by Gasteiger charge is -2.35. The van der Waals surface area contributed by atoms with E-state index in [1.165, 1.54) is 19.3 Å². The van der Waals surface area contributed by atoms with Crippen molar-refractivity contribution >= 4 is 6.21 Å². The second kappa shape index (κ2) is 10.4. The van der Waals surface area contributed by atoms with Gasteiger partial charge in [-0.1, -0.05) is 57.9 Å². The zero-order valence-corrected chi connectivity index (χ0v) is 21.6. The third-order valence-corrected chi connectivity index (χ3v) is 8.20. The topological polar surface area (TPSA) is 93.8 Å². The Morgan fingerprint density at radius 3 is 2.72 bits per heavy atom. The van der Waals surface area contributed by atoms with Crippen LogP contribution in [0.3, 0.4) is 0 Å². The predicted octanol–water partition coefficient (Wildman–Crippen LogP) is 5.10. The molecule has 1 aliphatic carbocycles. The summed E-state index contributed by atoms with van der Waals surface area (Å²) in [5.74, 6) is 1.57. The average Bonchev–Trinajstić information content (AvgIpc) is 3.53. The first-order valence-electron chi connectivity index (χ1n) is 13.4. The summed E-state index contributed by atoms with van der Waals surface area (Å²) in [4.78, 5) is 18.4. The van der Waals surface area contributed by atoms with Gasteiger partial charge in [0.05, 0.1) is 0 Å². The van der Waals surface area contributed by atoms with E-state index in [4.69, 9.17) is 0 Å². The van der Waals surface area contributed by atoms with E-state index >= 15 is 0 Å². The minimum Gasteiger partial charge on any atom is -0.295 e. The molecule has 0 spiro atoms. The highest BCUT2D eigenvalue weighted by Crippen LogP contribution is 2.39. The summed E-state index contributed by atoms with van der Waals surface area (Å²) < 4.78 is 4.12. The Labute approximate surface area is 212 Å². The summed E-state index contributed by atoms with van der Waals surface area (Å²) in [5, 5.41) is 14.6. The maximum atomic E-state index is 14.1. The molecule has 1 saturated carbocycles. The van der Waals surface area contributed by atoms with E-state index in [0.29, 0.717) is 24.2 Å². The van der Waals surface area contributed by atoms with Gasteiger partial charge in [-0.05, 0) is 60.8 Å². The second-order valence-electron chi connectivity index (χ2n) is 10.7. The first-order valence-corrected chi connectivity index (χ1v) is 13.4. The fraction of sp³-hybridized carbons (Fsp3) is 0.536. The van der Waals surface area contributed by atoms with Gasteiger partial charge >= 0.3 is 5.69 Å². The van der Waals surface area contributed by atoms with Crippen LogP contribution < -0.4 is 5.69 Å². The van der Waals surface area contributed by atoms with Gasteiger partial charge in [0.2, 0.25) is 5.82 Å². The number of aliphatic imine (C=N–C) groups is 1. The molecule has 8 heteroatoms. The first kappa shape index (κ1) is 24.4. The molecule has 3 heterocycles. The number of hydrogen-bond acceptors (Lipinski definition) is 5. The molecule has 0 bridgehead atoms. The number of tetrazole rings is 1. The molecule has 0 saturated heterocycles. The number of aromatic amines is 1. The van der Waals surface area contributed by atoms with Gasteiger partial charge in [0.25, 0.3) is 0 Å². The number of rotatable bonds is 8. The van der Waals surface area contributed by atoms with Crippen molar-refractivity contribution in [1.82, 2.24) is 29.8 Å². The number of unbranched alkanes of at least 4 members (excludes halogenated alkanes) is 1. The number of benzene rings is 1. The Balaban J connectivity index is 1.58. The molecule has 5 rings (SSSR count). The Morgan fingerprint density at radius 1 is 1.19 bits per heavy atom. The van der Waals surface area contributed by atoms with E-state index in [2.05, 4.69) is 75.4 Å². The molecule has 0 radical (unpaired) electrons. The molecule has 3 atom stereocenters. The van der Waals surface area contributed by atoms with Crippen molar-refractivity contribution in [2.75, 3.05) is 0 Å². The van der Waals surface area contributed by atoms with Crippen molar-refractivity contribution in [2.45, 2.75) is 83.7 Å². The van der Waals surface area contributed by atoms with Gasteiger partial charge in [-0.2, -0.15) is 5.21 Å². The number of nitrogens with zero attached hydrogens (tertiary/aromatic N) is 6. The van der Waals surface area contributed by atoms with E-state index < -0.39 is 0 Å². The van der Waals surface area contributed by atoms with Crippen LogP contribution in [0.1, 0.15) is 76.6 Å². The van der Waals surface area contributed by atoms with Crippen molar-refractivity contribution in [2.24, 2.45) is 16.8 Å². The van der Waals surface area contributed by atoms with Gasteiger partial charge in [0, 0.05) is 47.9 Å². The zero-order chi connectivity index (χ0) is 25.1. The lowest BCUT2D eigenvalue weighted by Crippen LogP contribution is -2.39. The molecule has 2 aromatic heterocycles. The number of aryl methyl sites for hydroxylation is 1. The van der Waals surface area contributed by atoms with E-state index in [-0.39, 0.29) is 17.1 Å². The zero-order valence-electron chi connectivity index (χ0n) is 21.6.